The van der Waals surface area contributed by atoms with Crippen molar-refractivity contribution < 1.29 is 14.3 Å². The molecule has 1 saturated heterocycles. The maximum Gasteiger partial charge on any atom is 0.341 e. The molecule has 5 nitrogen and oxygen atoms in total. The van der Waals surface area contributed by atoms with E-state index in [-0.39, 0.29) is 0 Å². The number of nitrogens with zero attached hydrogens (tertiary/aromatic N) is 2. The van der Waals surface area contributed by atoms with Gasteiger partial charge in [-0.25, -0.2) is 4.79 Å². The minimum Gasteiger partial charge on any atom is -0.462 e. The highest BCUT2D eigenvalue weighted by Gasteiger charge is 2.26. The second-order valence-corrected chi connectivity index (χ2v) is 4.83. The first-order chi connectivity index (χ1) is 9.13. The van der Waals surface area contributed by atoms with Crippen LogP contribution in [0.1, 0.15) is 23.0 Å². The van der Waals surface area contributed by atoms with Crippen LogP contribution >= 0.6 is 11.6 Å². The van der Waals surface area contributed by atoms with Gasteiger partial charge in [0.1, 0.15) is 0 Å². The molecule has 0 aromatic carbocycles. The van der Waals surface area contributed by atoms with Gasteiger partial charge in [-0.05, 0) is 13.0 Å². The molecule has 6 heteroatoms. The molecule has 104 valence electrons. The van der Waals surface area contributed by atoms with E-state index in [9.17, 15) is 4.79 Å². The zero-order chi connectivity index (χ0) is 13.8. The fourth-order valence-electron chi connectivity index (χ4n) is 1.95. The quantitative estimate of drug-likeness (QED) is 0.771. The summed E-state index contributed by atoms with van der Waals surface area (Å²) < 4.78 is 10.1. The Morgan fingerprint density at radius 3 is 2.89 bits per heavy atom. The Kier molecular flexibility index (Phi) is 4.74. The predicted octanol–water partition coefficient (Wildman–Crippen LogP) is 1.74. The number of methoxy groups -OCH3 is 1. The molecule has 2 heterocycles. The topological polar surface area (TPSA) is 51.7 Å². The minimum atomic E-state index is -0.435. The molecule has 1 aliphatic rings. The molecule has 1 fully saturated rings. The smallest absolute Gasteiger partial charge is 0.341 e. The number of halogens is 1. The van der Waals surface area contributed by atoms with Crippen LogP contribution in [0.25, 0.3) is 0 Å². The first kappa shape index (κ1) is 14.2. The summed E-state index contributed by atoms with van der Waals surface area (Å²) in [5.41, 5.74) is 1.15. The van der Waals surface area contributed by atoms with Gasteiger partial charge < -0.3 is 9.47 Å². The van der Waals surface area contributed by atoms with Gasteiger partial charge in [-0.15, -0.1) is 0 Å². The second-order valence-electron chi connectivity index (χ2n) is 4.43. The zero-order valence-electron chi connectivity index (χ0n) is 11.1. The van der Waals surface area contributed by atoms with Crippen molar-refractivity contribution in [1.29, 1.82) is 0 Å². The van der Waals surface area contributed by atoms with Crippen LogP contribution in [-0.4, -0.2) is 48.8 Å². The number of pyridine rings is 1. The van der Waals surface area contributed by atoms with E-state index in [1.165, 1.54) is 6.20 Å². The van der Waals surface area contributed by atoms with Crippen LogP contribution in [0.2, 0.25) is 5.02 Å². The van der Waals surface area contributed by atoms with Crippen molar-refractivity contribution in [2.45, 2.75) is 19.6 Å². The molecular formula is C13H17ClN2O3. The van der Waals surface area contributed by atoms with Crippen LogP contribution in [-0.2, 0) is 16.0 Å². The lowest BCUT2D eigenvalue weighted by molar-refractivity contribution is -0.0339. The number of hydrogen-bond acceptors (Lipinski definition) is 5. The molecule has 1 aliphatic heterocycles. The molecular weight excluding hydrogens is 268 g/mol. The molecule has 2 rings (SSSR count). The molecule has 0 saturated carbocycles. The summed E-state index contributed by atoms with van der Waals surface area (Å²) in [6.45, 7) is 4.58. The maximum absolute atomic E-state index is 11.6. The van der Waals surface area contributed by atoms with Crippen LogP contribution in [0.15, 0.2) is 12.3 Å². The van der Waals surface area contributed by atoms with Gasteiger partial charge >= 0.3 is 5.97 Å². The number of rotatable bonds is 5. The highest BCUT2D eigenvalue weighted by atomic mass is 35.5. The number of carbonyl (C=O) groups is 1. The van der Waals surface area contributed by atoms with E-state index in [1.54, 1.807) is 20.1 Å². The lowest BCUT2D eigenvalue weighted by Crippen LogP contribution is -2.51. The monoisotopic (exact) mass is 284 g/mol. The number of carbonyl (C=O) groups excluding carboxylic acids is 1. The van der Waals surface area contributed by atoms with E-state index in [1.807, 2.05) is 0 Å². The normalized spacial score (nSPS) is 16.2. The van der Waals surface area contributed by atoms with Crippen molar-refractivity contribution in [3.05, 3.63) is 28.5 Å². The van der Waals surface area contributed by atoms with Crippen molar-refractivity contribution in [1.82, 2.24) is 9.88 Å². The van der Waals surface area contributed by atoms with Gasteiger partial charge in [-0.2, -0.15) is 0 Å². The van der Waals surface area contributed by atoms with E-state index in [4.69, 9.17) is 21.1 Å². The van der Waals surface area contributed by atoms with Gasteiger partial charge in [-0.1, -0.05) is 11.6 Å². The zero-order valence-corrected chi connectivity index (χ0v) is 11.8. The van der Waals surface area contributed by atoms with Gasteiger partial charge in [-0.3, -0.25) is 9.88 Å². The van der Waals surface area contributed by atoms with Crippen LogP contribution in [0.4, 0.5) is 0 Å². The van der Waals surface area contributed by atoms with Crippen LogP contribution in [0, 0.1) is 0 Å². The predicted molar refractivity (Wildman–Crippen MR) is 71.3 cm³/mol. The van der Waals surface area contributed by atoms with Crippen molar-refractivity contribution in [2.24, 2.45) is 0 Å². The SMILES string of the molecule is CCOC(=O)c1cnc(CN2CC(OC)C2)cc1Cl. The standard InChI is InChI=1S/C13H17ClN2O3/c1-3-19-13(17)11-5-15-9(4-12(11)14)6-16-7-10(8-16)18-2/h4-5,10H,3,6-8H2,1-2H3. The largest absolute Gasteiger partial charge is 0.462 e. The van der Waals surface area contributed by atoms with Gasteiger partial charge in [0.15, 0.2) is 0 Å². The Balaban J connectivity index is 1.97. The Morgan fingerprint density at radius 1 is 1.58 bits per heavy atom. The Morgan fingerprint density at radius 2 is 2.32 bits per heavy atom. The van der Waals surface area contributed by atoms with Crippen LogP contribution in [0.5, 0.6) is 0 Å². The molecule has 1 aromatic rings. The summed E-state index contributed by atoms with van der Waals surface area (Å²) in [6.07, 6.45) is 1.79. The van der Waals surface area contributed by atoms with Crippen molar-refractivity contribution >= 4 is 17.6 Å². The van der Waals surface area contributed by atoms with Gasteiger partial charge in [0, 0.05) is 32.9 Å². The molecule has 19 heavy (non-hydrogen) atoms. The highest BCUT2D eigenvalue weighted by Crippen LogP contribution is 2.20. The summed E-state index contributed by atoms with van der Waals surface area (Å²) >= 11 is 6.08. The molecule has 0 amide bonds. The maximum atomic E-state index is 11.6. The van der Waals surface area contributed by atoms with Gasteiger partial charge in [0.05, 0.1) is 29.0 Å². The van der Waals surface area contributed by atoms with E-state index < -0.39 is 5.97 Å². The van der Waals surface area contributed by atoms with Crippen molar-refractivity contribution in [3.8, 4) is 0 Å². The molecule has 0 N–H and O–H groups in total. The molecule has 0 spiro atoms. The van der Waals surface area contributed by atoms with E-state index >= 15 is 0 Å². The van der Waals surface area contributed by atoms with Gasteiger partial charge in [0.2, 0.25) is 0 Å². The third-order valence-electron chi connectivity index (χ3n) is 3.05. The first-order valence-corrected chi connectivity index (χ1v) is 6.58. The Bertz CT molecular complexity index is 461. The average molecular weight is 285 g/mol. The number of aromatic nitrogens is 1. The molecule has 0 unspecified atom stereocenters. The summed E-state index contributed by atoms with van der Waals surface area (Å²) in [4.78, 5) is 18.0. The fraction of sp³-hybridized carbons (Fsp3) is 0.538. The third-order valence-corrected chi connectivity index (χ3v) is 3.36. The first-order valence-electron chi connectivity index (χ1n) is 6.20. The molecule has 0 aliphatic carbocycles. The summed E-state index contributed by atoms with van der Waals surface area (Å²) in [6, 6.07) is 1.72. The van der Waals surface area contributed by atoms with Crippen molar-refractivity contribution in [2.75, 3.05) is 26.8 Å². The number of ether oxygens (including phenoxy) is 2. The average Bonchev–Trinajstić information content (AvgIpc) is 2.33. The number of esters is 1. The lowest BCUT2D eigenvalue weighted by Gasteiger charge is -2.37. The van der Waals surface area contributed by atoms with Crippen molar-refractivity contribution in [3.63, 3.8) is 0 Å². The highest BCUT2D eigenvalue weighted by molar-refractivity contribution is 6.33. The third kappa shape index (κ3) is 3.43. The molecule has 0 radical (unpaired) electrons. The molecule has 0 atom stereocenters. The summed E-state index contributed by atoms with van der Waals surface area (Å²) in [5, 5.41) is 0.382. The van der Waals surface area contributed by atoms with E-state index in [2.05, 4.69) is 9.88 Å². The Labute approximate surface area is 117 Å². The second kappa shape index (κ2) is 6.32. The van der Waals surface area contributed by atoms with E-state index in [0.29, 0.717) is 29.8 Å². The minimum absolute atomic E-state index is 0.311. The Hall–Kier alpha value is -1.17. The van der Waals surface area contributed by atoms with Crippen LogP contribution in [0.3, 0.4) is 0 Å². The lowest BCUT2D eigenvalue weighted by atomic mass is 10.1. The number of likely N-dealkylation sites (tertiary alicyclic amines) is 1. The molecule has 1 aromatic heterocycles. The summed E-state index contributed by atoms with van der Waals surface area (Å²) in [7, 11) is 1.71. The van der Waals surface area contributed by atoms with Gasteiger partial charge in [0.25, 0.3) is 0 Å². The van der Waals surface area contributed by atoms with E-state index in [0.717, 1.165) is 18.8 Å². The summed E-state index contributed by atoms with van der Waals surface area (Å²) in [5.74, 6) is -0.435. The molecule has 0 bridgehead atoms. The fourth-order valence-corrected chi connectivity index (χ4v) is 2.20. The number of hydrogen-bond donors (Lipinski definition) is 0. The van der Waals surface area contributed by atoms with Crippen LogP contribution < -0.4 is 0 Å².